The van der Waals surface area contributed by atoms with Gasteiger partial charge in [0, 0.05) is 4.47 Å². The van der Waals surface area contributed by atoms with E-state index in [9.17, 15) is 9.59 Å². The number of nitrogens with one attached hydrogen (secondary N) is 1. The molecule has 5 heteroatoms. The van der Waals surface area contributed by atoms with E-state index in [0.717, 1.165) is 22.9 Å². The minimum Gasteiger partial charge on any atom is -0.342 e. The van der Waals surface area contributed by atoms with Crippen molar-refractivity contribution >= 4 is 27.7 Å². The maximum Gasteiger partial charge on any atom is 0.246 e. The smallest absolute Gasteiger partial charge is 0.246 e. The van der Waals surface area contributed by atoms with Crippen molar-refractivity contribution in [3.05, 3.63) is 34.3 Å². The molecule has 2 amide bonds. The van der Waals surface area contributed by atoms with Gasteiger partial charge >= 0.3 is 0 Å². The fraction of sp³-hybridized carbons (Fsp3) is 0.467. The second-order valence-electron chi connectivity index (χ2n) is 5.58. The molecular formula is C15H17BrN2O2. The number of hydrogen-bond donors (Lipinski definition) is 1. The van der Waals surface area contributed by atoms with Crippen molar-refractivity contribution in [3.8, 4) is 0 Å². The van der Waals surface area contributed by atoms with Crippen LogP contribution in [0.2, 0.25) is 0 Å². The van der Waals surface area contributed by atoms with E-state index in [1.54, 1.807) is 4.90 Å². The van der Waals surface area contributed by atoms with Crippen LogP contribution >= 0.6 is 15.9 Å². The third-order valence-corrected chi connectivity index (χ3v) is 4.56. The van der Waals surface area contributed by atoms with Crippen LogP contribution in [0.4, 0.5) is 0 Å². The van der Waals surface area contributed by atoms with Crippen LogP contribution in [0.3, 0.4) is 0 Å². The first kappa shape index (κ1) is 13.6. The lowest BCUT2D eigenvalue weighted by molar-refractivity contribution is -0.147. The van der Waals surface area contributed by atoms with Gasteiger partial charge in [0.2, 0.25) is 11.8 Å². The fourth-order valence-corrected chi connectivity index (χ4v) is 3.13. The zero-order valence-electron chi connectivity index (χ0n) is 11.3. The molecule has 0 bridgehead atoms. The van der Waals surface area contributed by atoms with E-state index < -0.39 is 0 Å². The third kappa shape index (κ3) is 2.59. The van der Waals surface area contributed by atoms with Gasteiger partial charge in [0.05, 0.1) is 6.04 Å². The molecule has 0 spiro atoms. The highest BCUT2D eigenvalue weighted by Crippen LogP contribution is 2.36. The number of nitrogens with zero attached hydrogens (tertiary/aromatic N) is 1. The van der Waals surface area contributed by atoms with Crippen LogP contribution in [-0.2, 0) is 9.59 Å². The minimum absolute atomic E-state index is 0.0525. The van der Waals surface area contributed by atoms with Gasteiger partial charge in [0.1, 0.15) is 12.6 Å². The summed E-state index contributed by atoms with van der Waals surface area (Å²) in [5, 5.41) is 2.84. The van der Waals surface area contributed by atoms with Crippen LogP contribution in [0.15, 0.2) is 28.7 Å². The van der Waals surface area contributed by atoms with Crippen molar-refractivity contribution in [1.82, 2.24) is 10.2 Å². The molecule has 1 saturated carbocycles. The van der Waals surface area contributed by atoms with E-state index in [4.69, 9.17) is 0 Å². The summed E-state index contributed by atoms with van der Waals surface area (Å²) in [6, 6.07) is 7.48. The van der Waals surface area contributed by atoms with Gasteiger partial charge in [-0.3, -0.25) is 9.59 Å². The van der Waals surface area contributed by atoms with Crippen LogP contribution in [0, 0.1) is 5.92 Å². The number of hydrogen-bond acceptors (Lipinski definition) is 2. The highest BCUT2D eigenvalue weighted by molar-refractivity contribution is 9.10. The van der Waals surface area contributed by atoms with E-state index in [0.29, 0.717) is 5.92 Å². The Bertz CT molecular complexity index is 557. The number of benzene rings is 1. The summed E-state index contributed by atoms with van der Waals surface area (Å²) in [7, 11) is 0. The van der Waals surface area contributed by atoms with Gasteiger partial charge in [0.15, 0.2) is 0 Å². The Balaban J connectivity index is 1.83. The number of carbonyl (C=O) groups is 2. The quantitative estimate of drug-likeness (QED) is 0.920. The molecule has 2 aliphatic rings. The van der Waals surface area contributed by atoms with Crippen molar-refractivity contribution in [2.24, 2.45) is 5.92 Å². The highest BCUT2D eigenvalue weighted by atomic mass is 79.9. The summed E-state index contributed by atoms with van der Waals surface area (Å²) in [6.45, 7) is 2.12. The topological polar surface area (TPSA) is 49.4 Å². The molecule has 106 valence electrons. The Morgan fingerprint density at radius 1 is 1.35 bits per heavy atom. The summed E-state index contributed by atoms with van der Waals surface area (Å²) in [4.78, 5) is 26.1. The van der Waals surface area contributed by atoms with Gasteiger partial charge in [-0.15, -0.1) is 0 Å². The summed E-state index contributed by atoms with van der Waals surface area (Å²) in [5.41, 5.74) is 1.04. The number of carbonyl (C=O) groups excluding carboxylic acids is 2. The first-order chi connectivity index (χ1) is 9.56. The molecule has 1 aromatic carbocycles. The molecular weight excluding hydrogens is 320 g/mol. The molecule has 2 fully saturated rings. The molecule has 1 heterocycles. The maximum atomic E-state index is 12.6. The van der Waals surface area contributed by atoms with Gasteiger partial charge < -0.3 is 10.2 Å². The molecule has 0 radical (unpaired) electrons. The Morgan fingerprint density at radius 3 is 2.75 bits per heavy atom. The number of rotatable bonds is 3. The van der Waals surface area contributed by atoms with Crippen LogP contribution in [0.25, 0.3) is 0 Å². The van der Waals surface area contributed by atoms with Gasteiger partial charge in [-0.05, 0) is 43.4 Å². The van der Waals surface area contributed by atoms with E-state index in [2.05, 4.69) is 21.2 Å². The first-order valence-electron chi connectivity index (χ1n) is 6.91. The molecule has 1 aliphatic carbocycles. The van der Waals surface area contributed by atoms with Crippen LogP contribution < -0.4 is 5.32 Å². The maximum absolute atomic E-state index is 12.6. The molecule has 1 aliphatic heterocycles. The van der Waals surface area contributed by atoms with Crippen molar-refractivity contribution < 1.29 is 9.59 Å². The van der Waals surface area contributed by atoms with Gasteiger partial charge in [-0.1, -0.05) is 28.1 Å². The Hall–Kier alpha value is -1.36. The van der Waals surface area contributed by atoms with E-state index in [-0.39, 0.29) is 30.4 Å². The van der Waals surface area contributed by atoms with Gasteiger partial charge in [-0.2, -0.15) is 0 Å². The van der Waals surface area contributed by atoms with Crippen LogP contribution in [-0.4, -0.2) is 29.3 Å². The van der Waals surface area contributed by atoms with Crippen molar-refractivity contribution in [2.75, 3.05) is 6.54 Å². The predicted octanol–water partition coefficient (Wildman–Crippen LogP) is 2.25. The standard InChI is InChI=1S/C15H17BrN2O2/c1-9(11-3-2-4-12(16)7-11)18-8-13(19)17-14(15(18)20)10-5-6-10/h2-4,7,9-10,14H,5-6,8H2,1H3,(H,17,19). The van der Waals surface area contributed by atoms with Crippen molar-refractivity contribution in [2.45, 2.75) is 31.8 Å². The average Bonchev–Trinajstić information content (AvgIpc) is 3.24. The molecule has 20 heavy (non-hydrogen) atoms. The molecule has 2 atom stereocenters. The lowest BCUT2D eigenvalue weighted by Gasteiger charge is -2.36. The average molecular weight is 337 g/mol. The SMILES string of the molecule is CC(c1cccc(Br)c1)N1CC(=O)NC(C2CC2)C1=O. The van der Waals surface area contributed by atoms with Gasteiger partial charge in [0.25, 0.3) is 0 Å². The summed E-state index contributed by atoms with van der Waals surface area (Å²) < 4.78 is 0.981. The number of piperazine rings is 1. The van der Waals surface area contributed by atoms with Crippen LogP contribution in [0.1, 0.15) is 31.4 Å². The largest absolute Gasteiger partial charge is 0.342 e. The fourth-order valence-electron chi connectivity index (χ4n) is 2.72. The molecule has 4 nitrogen and oxygen atoms in total. The Labute approximate surface area is 126 Å². The lowest BCUT2D eigenvalue weighted by atomic mass is 10.0. The third-order valence-electron chi connectivity index (χ3n) is 4.07. The molecule has 1 aromatic rings. The second kappa shape index (κ2) is 5.20. The molecule has 3 rings (SSSR count). The summed E-state index contributed by atoms with van der Waals surface area (Å²) >= 11 is 3.44. The van der Waals surface area contributed by atoms with Crippen molar-refractivity contribution in [3.63, 3.8) is 0 Å². The van der Waals surface area contributed by atoms with E-state index >= 15 is 0 Å². The summed E-state index contributed by atoms with van der Waals surface area (Å²) in [5.74, 6) is 0.340. The zero-order chi connectivity index (χ0) is 14.3. The Kier molecular flexibility index (Phi) is 3.54. The molecule has 1 N–H and O–H groups in total. The van der Waals surface area contributed by atoms with Crippen LogP contribution in [0.5, 0.6) is 0 Å². The predicted molar refractivity (Wildman–Crippen MR) is 78.9 cm³/mol. The lowest BCUT2D eigenvalue weighted by Crippen LogP contribution is -2.59. The summed E-state index contributed by atoms with van der Waals surface area (Å²) in [6.07, 6.45) is 2.07. The molecule has 2 unspecified atom stereocenters. The normalized spacial score (nSPS) is 24.5. The Morgan fingerprint density at radius 2 is 2.10 bits per heavy atom. The minimum atomic E-state index is -0.314. The van der Waals surface area contributed by atoms with E-state index in [1.807, 2.05) is 31.2 Å². The van der Waals surface area contributed by atoms with Crippen molar-refractivity contribution in [1.29, 1.82) is 0 Å². The number of halogens is 1. The first-order valence-corrected chi connectivity index (χ1v) is 7.71. The monoisotopic (exact) mass is 336 g/mol. The second-order valence-corrected chi connectivity index (χ2v) is 6.50. The number of amides is 2. The van der Waals surface area contributed by atoms with E-state index in [1.165, 1.54) is 0 Å². The zero-order valence-corrected chi connectivity index (χ0v) is 12.9. The van der Waals surface area contributed by atoms with Gasteiger partial charge in [-0.25, -0.2) is 0 Å². The molecule has 1 saturated heterocycles. The molecule has 0 aromatic heterocycles. The highest BCUT2D eigenvalue weighted by Gasteiger charge is 2.43.